The van der Waals surface area contributed by atoms with E-state index in [0.717, 1.165) is 36.0 Å². The summed E-state index contributed by atoms with van der Waals surface area (Å²) in [5.41, 5.74) is 3.71. The number of anilines is 1. The minimum atomic E-state index is -1.66. The lowest BCUT2D eigenvalue weighted by Crippen LogP contribution is -2.70. The maximum Gasteiger partial charge on any atom is 0.417 e. The van der Waals surface area contributed by atoms with Crippen LogP contribution in [-0.4, -0.2) is 97.2 Å². The van der Waals surface area contributed by atoms with Gasteiger partial charge in [-0.1, -0.05) is 101 Å². The molecule has 2 heterocycles. The number of unbranched alkanes of at least 4 members (excludes halogenated alkanes) is 11. The van der Waals surface area contributed by atoms with Gasteiger partial charge in [0.05, 0.1) is 49.7 Å². The molecular weight excluding hydrogens is 1060 g/mol. The van der Waals surface area contributed by atoms with Crippen LogP contribution >= 0.6 is 0 Å². The number of hydrogen-bond donors (Lipinski definition) is 3. The Labute approximate surface area is 487 Å². The SMILES string of the molecule is C=CCOC12Oc3ccc(OC(=O)Nc4ccc(OC)cc4OC)cc3C3C(CCCCO)C(CCCCO)C=C(C(=NOCc4ccc([N+](=O)[O-])cc4)CC1N(Cc1ccc4c(c1)OCO4)C(=O)OCCCCCCCCCCCC)C32. The molecule has 1 fully saturated rings. The van der Waals surface area contributed by atoms with Gasteiger partial charge in [0.25, 0.3) is 5.69 Å². The van der Waals surface area contributed by atoms with Crippen LogP contribution in [0.3, 0.4) is 0 Å². The lowest BCUT2D eigenvalue weighted by atomic mass is 9.55. The van der Waals surface area contributed by atoms with Crippen molar-refractivity contribution in [2.24, 2.45) is 22.9 Å². The average Bonchev–Trinajstić information content (AvgIpc) is 4.12. The topological polar surface area (TPSA) is 228 Å². The minimum Gasteiger partial charge on any atom is -0.497 e. The Morgan fingerprint density at radius 2 is 1.52 bits per heavy atom. The summed E-state index contributed by atoms with van der Waals surface area (Å²) in [6.45, 7) is 6.59. The highest BCUT2D eigenvalue weighted by Gasteiger charge is 2.66. The van der Waals surface area contributed by atoms with Gasteiger partial charge in [-0.15, -0.1) is 6.58 Å². The zero-order chi connectivity index (χ0) is 58.6. The Kier molecular flexibility index (Phi) is 22.9. The number of ether oxygens (including phenoxy) is 8. The molecule has 448 valence electrons. The summed E-state index contributed by atoms with van der Waals surface area (Å²) in [6, 6.07) is 20.9. The molecule has 0 radical (unpaired) electrons. The second kappa shape index (κ2) is 30.8. The predicted octanol–water partition coefficient (Wildman–Crippen LogP) is 13.3. The van der Waals surface area contributed by atoms with Gasteiger partial charge in [0.15, 0.2) is 11.5 Å². The first-order valence-electron chi connectivity index (χ1n) is 29.5. The Balaban J connectivity index is 1.24. The lowest BCUT2D eigenvalue weighted by Gasteiger charge is -2.59. The largest absolute Gasteiger partial charge is 0.497 e. The quantitative estimate of drug-likeness (QED) is 0.0174. The zero-order valence-corrected chi connectivity index (χ0v) is 48.3. The molecule has 2 aliphatic heterocycles. The highest BCUT2D eigenvalue weighted by molar-refractivity contribution is 6.03. The van der Waals surface area contributed by atoms with Crippen molar-refractivity contribution >= 4 is 29.3 Å². The van der Waals surface area contributed by atoms with E-state index < -0.39 is 40.8 Å². The number of aliphatic hydroxyl groups excluding tert-OH is 2. The number of fused-ring (bicyclic) bond motifs is 3. The normalized spacial score (nSPS) is 20.5. The molecule has 0 saturated heterocycles. The maximum absolute atomic E-state index is 15.4. The summed E-state index contributed by atoms with van der Waals surface area (Å²) in [6.07, 6.45) is 17.6. The van der Waals surface area contributed by atoms with Gasteiger partial charge in [-0.2, -0.15) is 0 Å². The van der Waals surface area contributed by atoms with Crippen molar-refractivity contribution in [1.29, 1.82) is 0 Å². The molecule has 2 amide bonds. The highest BCUT2D eigenvalue weighted by atomic mass is 16.7. The lowest BCUT2D eigenvalue weighted by molar-refractivity contribution is -0.384. The van der Waals surface area contributed by atoms with Crippen molar-refractivity contribution in [2.75, 3.05) is 52.8 Å². The van der Waals surface area contributed by atoms with Gasteiger partial charge in [0, 0.05) is 55.9 Å². The summed E-state index contributed by atoms with van der Waals surface area (Å²) in [5.74, 6) is -0.389. The van der Waals surface area contributed by atoms with Crippen molar-refractivity contribution < 1.29 is 67.5 Å². The first-order valence-corrected chi connectivity index (χ1v) is 29.5. The van der Waals surface area contributed by atoms with Crippen LogP contribution in [0.5, 0.6) is 34.5 Å². The smallest absolute Gasteiger partial charge is 0.417 e. The molecule has 6 unspecified atom stereocenters. The van der Waals surface area contributed by atoms with Crippen LogP contribution in [0.2, 0.25) is 0 Å². The van der Waals surface area contributed by atoms with Crippen LogP contribution < -0.4 is 33.7 Å². The molecule has 83 heavy (non-hydrogen) atoms. The van der Waals surface area contributed by atoms with E-state index in [2.05, 4.69) is 24.9 Å². The van der Waals surface area contributed by atoms with E-state index in [0.29, 0.717) is 90.7 Å². The number of methoxy groups -OCH3 is 2. The van der Waals surface area contributed by atoms with Gasteiger partial charge in [-0.25, -0.2) is 9.59 Å². The fourth-order valence-corrected chi connectivity index (χ4v) is 12.1. The van der Waals surface area contributed by atoms with E-state index in [9.17, 15) is 25.1 Å². The number of allylic oxidation sites excluding steroid dienone is 1. The van der Waals surface area contributed by atoms with Crippen LogP contribution in [0.15, 0.2) is 108 Å². The number of non-ortho nitro benzene ring substituents is 1. The second-order valence-corrected chi connectivity index (χ2v) is 21.7. The van der Waals surface area contributed by atoms with E-state index >= 15 is 4.79 Å². The van der Waals surface area contributed by atoms with Crippen molar-refractivity contribution in [3.63, 3.8) is 0 Å². The summed E-state index contributed by atoms with van der Waals surface area (Å²) >= 11 is 0. The third kappa shape index (κ3) is 15.7. The Bertz CT molecular complexity index is 2860. The molecule has 8 rings (SSSR count). The number of benzene rings is 4. The molecule has 0 aromatic heterocycles. The van der Waals surface area contributed by atoms with Crippen LogP contribution in [0.1, 0.15) is 139 Å². The van der Waals surface area contributed by atoms with Gasteiger partial charge in [-0.05, 0) is 115 Å². The molecule has 3 N–H and O–H groups in total. The fraction of sp³-hybridized carbons (Fsp3) is 0.516. The number of amides is 2. The Hall–Kier alpha value is -7.35. The van der Waals surface area contributed by atoms with Gasteiger partial charge in [0.1, 0.15) is 35.6 Å². The molecule has 19 heteroatoms. The van der Waals surface area contributed by atoms with Crippen LogP contribution in [0.25, 0.3) is 0 Å². The number of aliphatic hydroxyl groups is 2. The minimum absolute atomic E-state index is 0.00369. The molecule has 4 aromatic carbocycles. The number of oxime groups is 1. The molecule has 19 nitrogen and oxygen atoms in total. The summed E-state index contributed by atoms with van der Waals surface area (Å²) < 4.78 is 49.6. The molecule has 6 atom stereocenters. The summed E-state index contributed by atoms with van der Waals surface area (Å²) in [4.78, 5) is 48.3. The number of nitro groups is 1. The fourth-order valence-electron chi connectivity index (χ4n) is 12.1. The predicted molar refractivity (Wildman–Crippen MR) is 313 cm³/mol. The number of rotatable bonds is 33. The zero-order valence-electron chi connectivity index (χ0n) is 48.3. The van der Waals surface area contributed by atoms with E-state index in [4.69, 9.17) is 47.9 Å². The number of hydrogen-bond acceptors (Lipinski definition) is 16. The van der Waals surface area contributed by atoms with Gasteiger partial charge in [-0.3, -0.25) is 20.3 Å². The van der Waals surface area contributed by atoms with Crippen molar-refractivity contribution in [2.45, 2.75) is 147 Å². The van der Waals surface area contributed by atoms with E-state index in [1.54, 1.807) is 53.4 Å². The van der Waals surface area contributed by atoms with E-state index in [-0.39, 0.29) is 76.1 Å². The number of nitrogens with one attached hydrogen (secondary N) is 1. The second-order valence-electron chi connectivity index (χ2n) is 21.7. The molecule has 2 aliphatic carbocycles. The number of carbonyl (C=O) groups excluding carboxylic acids is 2. The highest BCUT2D eigenvalue weighted by Crippen LogP contribution is 2.62. The van der Waals surface area contributed by atoms with Crippen LogP contribution in [0.4, 0.5) is 21.0 Å². The average molecular weight is 1150 g/mol. The molecule has 0 bridgehead atoms. The summed E-state index contributed by atoms with van der Waals surface area (Å²) in [7, 11) is 3.03. The van der Waals surface area contributed by atoms with E-state index in [1.807, 2.05) is 24.3 Å². The Morgan fingerprint density at radius 1 is 0.819 bits per heavy atom. The van der Waals surface area contributed by atoms with Crippen molar-refractivity contribution in [3.8, 4) is 34.5 Å². The first kappa shape index (κ1) is 61.7. The van der Waals surface area contributed by atoms with Crippen LogP contribution in [0, 0.1) is 27.9 Å². The molecular formula is C64H82N4O15. The van der Waals surface area contributed by atoms with Crippen LogP contribution in [-0.2, 0) is 27.5 Å². The number of nitrogens with zero attached hydrogens (tertiary/aromatic N) is 3. The number of nitro benzene ring substituents is 1. The molecule has 4 aromatic rings. The molecule has 0 spiro atoms. The maximum atomic E-state index is 15.4. The standard InChI is InChI=1S/C64H82N4O15/c1-5-7-8-9-10-11-12-13-14-19-35-77-63(72)67(41-45-24-30-56-58(36-45)79-43-78-56)59-40-54(66-81-42-44-22-25-47(26-23-44)68(73)74)51-37-46(20-15-17-32-69)50(21-16-18-33-70)60-52-38-49(28-31-55(52)83-64(59,61(51)60)80-34-6-2)82-62(71)65-53-29-27-48(75-3)39-57(53)76-4/h6,22-31,36-39,46,50,59-61,69-70H,2,5,7-21,32-35,40-43H2,1,3-4H3,(H,65,71). The monoisotopic (exact) mass is 1150 g/mol. The molecule has 4 aliphatic rings. The third-order valence-corrected chi connectivity index (χ3v) is 16.2. The number of carbonyl (C=O) groups is 2. The summed E-state index contributed by atoms with van der Waals surface area (Å²) in [5, 5.41) is 39.6. The van der Waals surface area contributed by atoms with Crippen molar-refractivity contribution in [1.82, 2.24) is 4.90 Å². The Morgan fingerprint density at radius 3 is 2.23 bits per heavy atom. The first-order chi connectivity index (χ1) is 40.5. The van der Waals surface area contributed by atoms with Gasteiger partial charge >= 0.3 is 12.2 Å². The molecule has 1 saturated carbocycles. The third-order valence-electron chi connectivity index (χ3n) is 16.2. The van der Waals surface area contributed by atoms with E-state index in [1.165, 1.54) is 64.9 Å². The van der Waals surface area contributed by atoms with Gasteiger partial charge < -0.3 is 52.9 Å². The van der Waals surface area contributed by atoms with Gasteiger partial charge in [0.2, 0.25) is 12.6 Å². The van der Waals surface area contributed by atoms with Crippen molar-refractivity contribution in [3.05, 3.63) is 130 Å².